The van der Waals surface area contributed by atoms with Crippen LogP contribution in [0.15, 0.2) is 0 Å². The molecule has 1 N–H and O–H groups in total. The van der Waals surface area contributed by atoms with Gasteiger partial charge in [-0.1, -0.05) is 13.3 Å². The Bertz CT molecular complexity index is 231. The minimum absolute atomic E-state index is 0.111. The third kappa shape index (κ3) is 5.03. The number of unbranched alkanes of at least 4 members (excludes halogenated alkanes) is 1. The van der Waals surface area contributed by atoms with E-state index < -0.39 is 0 Å². The van der Waals surface area contributed by atoms with E-state index in [1.54, 1.807) is 0 Å². The van der Waals surface area contributed by atoms with Crippen molar-refractivity contribution < 1.29 is 5.11 Å². The molecule has 1 fully saturated rings. The SMILES string of the molecule is CCCC(C#N)N1CCN(CCCCO)CC1. The van der Waals surface area contributed by atoms with Crippen molar-refractivity contribution in [1.29, 1.82) is 5.26 Å². The smallest absolute Gasteiger partial charge is 0.0978 e. The van der Waals surface area contributed by atoms with Crippen molar-refractivity contribution >= 4 is 0 Å². The van der Waals surface area contributed by atoms with Crippen LogP contribution < -0.4 is 0 Å². The summed E-state index contributed by atoms with van der Waals surface area (Å²) in [5.74, 6) is 0. The lowest BCUT2D eigenvalue weighted by Crippen LogP contribution is -2.50. The summed E-state index contributed by atoms with van der Waals surface area (Å²) in [6.07, 6.45) is 4.04. The Balaban J connectivity index is 2.23. The maximum atomic E-state index is 9.12. The molecule has 4 heteroatoms. The fraction of sp³-hybridized carbons (Fsp3) is 0.923. The second kappa shape index (κ2) is 8.46. The number of hydrogen-bond acceptors (Lipinski definition) is 4. The van der Waals surface area contributed by atoms with Crippen molar-refractivity contribution in [2.45, 2.75) is 38.6 Å². The molecular weight excluding hydrogens is 214 g/mol. The maximum Gasteiger partial charge on any atom is 0.0978 e. The molecule has 0 aromatic rings. The topological polar surface area (TPSA) is 50.5 Å². The van der Waals surface area contributed by atoms with Crippen LogP contribution in [0.4, 0.5) is 0 Å². The number of piperazine rings is 1. The van der Waals surface area contributed by atoms with Gasteiger partial charge in [0.2, 0.25) is 0 Å². The van der Waals surface area contributed by atoms with Crippen LogP contribution in [-0.4, -0.2) is 60.3 Å². The molecule has 0 saturated carbocycles. The molecule has 1 unspecified atom stereocenters. The zero-order valence-electron chi connectivity index (χ0n) is 10.9. The van der Waals surface area contributed by atoms with E-state index in [0.29, 0.717) is 6.61 Å². The van der Waals surface area contributed by atoms with Crippen molar-refractivity contribution in [2.75, 3.05) is 39.3 Å². The van der Waals surface area contributed by atoms with Gasteiger partial charge in [-0.15, -0.1) is 0 Å². The highest BCUT2D eigenvalue weighted by Gasteiger charge is 2.22. The van der Waals surface area contributed by atoms with Gasteiger partial charge < -0.3 is 10.0 Å². The molecule has 1 aliphatic heterocycles. The van der Waals surface area contributed by atoms with E-state index in [9.17, 15) is 0 Å². The summed E-state index contributed by atoms with van der Waals surface area (Å²) in [5, 5.41) is 17.9. The van der Waals surface area contributed by atoms with Crippen LogP contribution in [0, 0.1) is 11.3 Å². The third-order valence-corrected chi connectivity index (χ3v) is 3.44. The van der Waals surface area contributed by atoms with Gasteiger partial charge in [-0.25, -0.2) is 0 Å². The van der Waals surface area contributed by atoms with Gasteiger partial charge >= 0.3 is 0 Å². The molecular formula is C13H25N3O. The molecule has 1 aliphatic rings. The second-order valence-electron chi connectivity index (χ2n) is 4.74. The predicted octanol–water partition coefficient (Wildman–Crippen LogP) is 1.07. The van der Waals surface area contributed by atoms with Gasteiger partial charge in [0, 0.05) is 32.8 Å². The average molecular weight is 239 g/mol. The molecule has 1 rings (SSSR count). The average Bonchev–Trinajstić information content (AvgIpc) is 2.37. The van der Waals surface area contributed by atoms with Gasteiger partial charge in [0.05, 0.1) is 12.1 Å². The molecule has 4 nitrogen and oxygen atoms in total. The summed E-state index contributed by atoms with van der Waals surface area (Å²) in [7, 11) is 0. The Morgan fingerprint density at radius 3 is 2.47 bits per heavy atom. The van der Waals surface area contributed by atoms with Crippen LogP contribution in [0.2, 0.25) is 0 Å². The highest BCUT2D eigenvalue weighted by molar-refractivity contribution is 4.93. The van der Waals surface area contributed by atoms with E-state index >= 15 is 0 Å². The summed E-state index contributed by atoms with van der Waals surface area (Å²) in [4.78, 5) is 4.75. The van der Waals surface area contributed by atoms with Crippen LogP contribution in [0.1, 0.15) is 32.6 Å². The molecule has 0 bridgehead atoms. The van der Waals surface area contributed by atoms with Crippen LogP contribution in [0.25, 0.3) is 0 Å². The highest BCUT2D eigenvalue weighted by Crippen LogP contribution is 2.10. The van der Waals surface area contributed by atoms with Crippen molar-refractivity contribution in [3.8, 4) is 6.07 Å². The number of aliphatic hydroxyl groups excluding tert-OH is 1. The molecule has 17 heavy (non-hydrogen) atoms. The first-order chi connectivity index (χ1) is 8.31. The number of nitriles is 1. The molecule has 0 spiro atoms. The lowest BCUT2D eigenvalue weighted by molar-refractivity contribution is 0.108. The van der Waals surface area contributed by atoms with Gasteiger partial charge in [-0.2, -0.15) is 5.26 Å². The van der Waals surface area contributed by atoms with Crippen molar-refractivity contribution in [1.82, 2.24) is 9.80 Å². The van der Waals surface area contributed by atoms with Gasteiger partial charge in [0.1, 0.15) is 0 Å². The minimum atomic E-state index is 0.111. The first-order valence-electron chi connectivity index (χ1n) is 6.78. The highest BCUT2D eigenvalue weighted by atomic mass is 16.2. The molecule has 1 heterocycles. The molecule has 0 aromatic heterocycles. The molecule has 0 aliphatic carbocycles. The molecule has 1 atom stereocenters. The Kier molecular flexibility index (Phi) is 7.18. The standard InChI is InChI=1S/C13H25N3O/c1-2-5-13(12-14)16-9-7-15(8-10-16)6-3-4-11-17/h13,17H,2-11H2,1H3. The van der Waals surface area contributed by atoms with Crippen molar-refractivity contribution in [3.05, 3.63) is 0 Å². The van der Waals surface area contributed by atoms with Crippen molar-refractivity contribution in [3.63, 3.8) is 0 Å². The molecule has 98 valence electrons. The fourth-order valence-electron chi connectivity index (χ4n) is 2.35. The zero-order valence-corrected chi connectivity index (χ0v) is 10.9. The Labute approximate surface area is 105 Å². The maximum absolute atomic E-state index is 9.12. The molecule has 0 amide bonds. The summed E-state index contributed by atoms with van der Waals surface area (Å²) in [6, 6.07) is 2.52. The number of hydrogen-bond donors (Lipinski definition) is 1. The number of aliphatic hydroxyl groups is 1. The van der Waals surface area contributed by atoms with Gasteiger partial charge in [0.25, 0.3) is 0 Å². The second-order valence-corrected chi connectivity index (χ2v) is 4.74. The molecule has 0 aromatic carbocycles. The molecule has 0 radical (unpaired) electrons. The molecule has 1 saturated heterocycles. The van der Waals surface area contributed by atoms with Crippen LogP contribution >= 0.6 is 0 Å². The van der Waals surface area contributed by atoms with Gasteiger partial charge in [-0.05, 0) is 25.8 Å². The Morgan fingerprint density at radius 1 is 1.24 bits per heavy atom. The zero-order chi connectivity index (χ0) is 12.5. The lowest BCUT2D eigenvalue weighted by Gasteiger charge is -2.36. The quantitative estimate of drug-likeness (QED) is 0.675. The summed E-state index contributed by atoms with van der Waals surface area (Å²) in [6.45, 7) is 7.66. The first-order valence-corrected chi connectivity index (χ1v) is 6.78. The lowest BCUT2D eigenvalue weighted by atomic mass is 10.1. The van der Waals surface area contributed by atoms with E-state index in [1.807, 2.05) is 0 Å². The van der Waals surface area contributed by atoms with E-state index in [0.717, 1.165) is 58.4 Å². The third-order valence-electron chi connectivity index (χ3n) is 3.44. The fourth-order valence-corrected chi connectivity index (χ4v) is 2.35. The normalized spacial score (nSPS) is 20.1. The van der Waals surface area contributed by atoms with Gasteiger partial charge in [0.15, 0.2) is 0 Å². The van der Waals surface area contributed by atoms with E-state index in [-0.39, 0.29) is 6.04 Å². The van der Waals surface area contributed by atoms with E-state index in [4.69, 9.17) is 10.4 Å². The number of rotatable bonds is 7. The minimum Gasteiger partial charge on any atom is -0.396 e. The Hall–Kier alpha value is -0.630. The largest absolute Gasteiger partial charge is 0.396 e. The first kappa shape index (κ1) is 14.4. The van der Waals surface area contributed by atoms with E-state index in [1.165, 1.54) is 0 Å². The van der Waals surface area contributed by atoms with Crippen LogP contribution in [-0.2, 0) is 0 Å². The predicted molar refractivity (Wildman–Crippen MR) is 68.6 cm³/mol. The van der Waals surface area contributed by atoms with E-state index in [2.05, 4.69) is 22.8 Å². The summed E-state index contributed by atoms with van der Waals surface area (Å²) in [5.41, 5.74) is 0. The van der Waals surface area contributed by atoms with Crippen LogP contribution in [0.3, 0.4) is 0 Å². The van der Waals surface area contributed by atoms with Crippen LogP contribution in [0.5, 0.6) is 0 Å². The summed E-state index contributed by atoms with van der Waals surface area (Å²) >= 11 is 0. The monoisotopic (exact) mass is 239 g/mol. The Morgan fingerprint density at radius 2 is 1.94 bits per heavy atom. The van der Waals surface area contributed by atoms with Crippen molar-refractivity contribution in [2.24, 2.45) is 0 Å². The number of nitrogens with zero attached hydrogens (tertiary/aromatic N) is 3. The van der Waals surface area contributed by atoms with Gasteiger partial charge in [-0.3, -0.25) is 4.90 Å². The summed E-state index contributed by atoms with van der Waals surface area (Å²) < 4.78 is 0.